The number of aromatic nitrogens is 3. The quantitative estimate of drug-likeness (QED) is 0.499. The Hall–Kier alpha value is -2.60. The Morgan fingerprint density at radius 3 is 2.53 bits per heavy atom. The van der Waals surface area contributed by atoms with Crippen molar-refractivity contribution in [2.24, 2.45) is 5.92 Å². The zero-order chi connectivity index (χ0) is 21.5. The smallest absolute Gasteiger partial charge is 0.220 e. The number of carbonyl (C=O) groups excluding carboxylic acids is 1. The van der Waals surface area contributed by atoms with Gasteiger partial charge in [-0.1, -0.05) is 73.1 Å². The standard InChI is InChI=1S/C24H30N4OS/c1-17(2)15-25-23(29)13-12-22-26-27-24(28(22)21-10-8-18(3)9-11-21)30-16-20-7-5-6-19(4)14-20/h5-11,14,17H,12-13,15-16H2,1-4H3,(H,25,29). The summed E-state index contributed by atoms with van der Waals surface area (Å²) in [4.78, 5) is 12.2. The lowest BCUT2D eigenvalue weighted by molar-refractivity contribution is -0.121. The molecule has 158 valence electrons. The second kappa shape index (κ2) is 10.4. The SMILES string of the molecule is Cc1ccc(-n2c(CCC(=O)NCC(C)C)nnc2SCc2cccc(C)c2)cc1. The molecule has 1 N–H and O–H groups in total. The average molecular weight is 423 g/mol. The molecule has 3 rings (SSSR count). The van der Waals surface area contributed by atoms with E-state index in [2.05, 4.69) is 96.3 Å². The molecule has 3 aromatic rings. The Morgan fingerprint density at radius 2 is 1.83 bits per heavy atom. The van der Waals surface area contributed by atoms with Crippen LogP contribution < -0.4 is 5.32 Å². The van der Waals surface area contributed by atoms with Gasteiger partial charge in [-0.25, -0.2) is 0 Å². The van der Waals surface area contributed by atoms with Crippen LogP contribution in [0.15, 0.2) is 53.7 Å². The molecule has 0 saturated heterocycles. The van der Waals surface area contributed by atoms with Gasteiger partial charge in [0.25, 0.3) is 0 Å². The van der Waals surface area contributed by atoms with Crippen LogP contribution in [0.3, 0.4) is 0 Å². The minimum Gasteiger partial charge on any atom is -0.356 e. The zero-order valence-electron chi connectivity index (χ0n) is 18.2. The van der Waals surface area contributed by atoms with Crippen molar-refractivity contribution in [2.75, 3.05) is 6.54 Å². The van der Waals surface area contributed by atoms with Crippen molar-refractivity contribution in [3.63, 3.8) is 0 Å². The molecule has 0 fully saturated rings. The Labute approximate surface area is 183 Å². The molecule has 5 nitrogen and oxygen atoms in total. The average Bonchev–Trinajstić information content (AvgIpc) is 3.12. The van der Waals surface area contributed by atoms with Crippen molar-refractivity contribution in [2.45, 2.75) is 51.4 Å². The molecule has 1 amide bonds. The van der Waals surface area contributed by atoms with E-state index in [9.17, 15) is 4.79 Å². The first kappa shape index (κ1) is 22.1. The van der Waals surface area contributed by atoms with Gasteiger partial charge >= 0.3 is 0 Å². The van der Waals surface area contributed by atoms with E-state index < -0.39 is 0 Å². The third-order valence-corrected chi connectivity index (χ3v) is 5.73. The van der Waals surface area contributed by atoms with Gasteiger partial charge in [0, 0.05) is 30.8 Å². The summed E-state index contributed by atoms with van der Waals surface area (Å²) in [6.07, 6.45) is 0.953. The van der Waals surface area contributed by atoms with E-state index >= 15 is 0 Å². The van der Waals surface area contributed by atoms with Crippen LogP contribution in [-0.2, 0) is 17.0 Å². The van der Waals surface area contributed by atoms with E-state index in [0.717, 1.165) is 22.4 Å². The van der Waals surface area contributed by atoms with Crippen molar-refractivity contribution in [3.05, 3.63) is 71.0 Å². The molecule has 0 atom stereocenters. The molecular formula is C24H30N4OS. The van der Waals surface area contributed by atoms with Gasteiger partial charge in [-0.2, -0.15) is 0 Å². The van der Waals surface area contributed by atoms with Gasteiger partial charge in [0.1, 0.15) is 5.82 Å². The molecule has 1 heterocycles. The molecule has 6 heteroatoms. The Morgan fingerprint density at radius 1 is 1.07 bits per heavy atom. The maximum atomic E-state index is 12.2. The van der Waals surface area contributed by atoms with Gasteiger partial charge < -0.3 is 5.32 Å². The highest BCUT2D eigenvalue weighted by molar-refractivity contribution is 7.98. The fourth-order valence-corrected chi connectivity index (χ4v) is 4.00. The summed E-state index contributed by atoms with van der Waals surface area (Å²) in [5.41, 5.74) is 4.74. The summed E-state index contributed by atoms with van der Waals surface area (Å²) in [5.74, 6) is 2.12. The van der Waals surface area contributed by atoms with Gasteiger partial charge in [0.15, 0.2) is 5.16 Å². The van der Waals surface area contributed by atoms with E-state index in [1.165, 1.54) is 16.7 Å². The lowest BCUT2D eigenvalue weighted by atomic mass is 10.2. The number of benzene rings is 2. The fourth-order valence-electron chi connectivity index (χ4n) is 3.09. The summed E-state index contributed by atoms with van der Waals surface area (Å²) in [7, 11) is 0. The molecule has 1 aromatic heterocycles. The van der Waals surface area contributed by atoms with E-state index in [1.807, 2.05) is 0 Å². The second-order valence-electron chi connectivity index (χ2n) is 8.05. The largest absolute Gasteiger partial charge is 0.356 e. The van der Waals surface area contributed by atoms with Crippen LogP contribution >= 0.6 is 11.8 Å². The Bertz CT molecular complexity index is 979. The summed E-state index contributed by atoms with van der Waals surface area (Å²) in [5, 5.41) is 12.7. The summed E-state index contributed by atoms with van der Waals surface area (Å²) >= 11 is 1.67. The highest BCUT2D eigenvalue weighted by atomic mass is 32.2. The number of rotatable bonds is 9. The lowest BCUT2D eigenvalue weighted by Gasteiger charge is -2.11. The highest BCUT2D eigenvalue weighted by Gasteiger charge is 2.16. The van der Waals surface area contributed by atoms with Gasteiger partial charge in [-0.05, 0) is 37.5 Å². The first-order valence-electron chi connectivity index (χ1n) is 10.4. The first-order chi connectivity index (χ1) is 14.4. The number of carbonyl (C=O) groups is 1. The number of thioether (sulfide) groups is 1. The van der Waals surface area contributed by atoms with Crippen LogP contribution in [0.4, 0.5) is 0 Å². The van der Waals surface area contributed by atoms with Crippen molar-refractivity contribution in [3.8, 4) is 5.69 Å². The van der Waals surface area contributed by atoms with Gasteiger partial charge in [-0.15, -0.1) is 10.2 Å². The molecule has 0 unspecified atom stereocenters. The van der Waals surface area contributed by atoms with Gasteiger partial charge in [0.05, 0.1) is 0 Å². The number of amides is 1. The Kier molecular flexibility index (Phi) is 7.69. The third-order valence-electron chi connectivity index (χ3n) is 4.73. The molecule has 0 aliphatic heterocycles. The Balaban J connectivity index is 1.78. The van der Waals surface area contributed by atoms with Crippen LogP contribution in [0.25, 0.3) is 5.69 Å². The van der Waals surface area contributed by atoms with Crippen molar-refractivity contribution in [1.82, 2.24) is 20.1 Å². The van der Waals surface area contributed by atoms with Crippen molar-refractivity contribution < 1.29 is 4.79 Å². The fraction of sp³-hybridized carbons (Fsp3) is 0.375. The number of nitrogens with zero attached hydrogens (tertiary/aromatic N) is 3. The second-order valence-corrected chi connectivity index (χ2v) is 8.99. The van der Waals surface area contributed by atoms with Crippen molar-refractivity contribution >= 4 is 17.7 Å². The van der Waals surface area contributed by atoms with Gasteiger partial charge in [-0.3, -0.25) is 9.36 Å². The molecule has 0 saturated carbocycles. The third kappa shape index (κ3) is 6.20. The number of hydrogen-bond donors (Lipinski definition) is 1. The van der Waals surface area contributed by atoms with Crippen LogP contribution in [-0.4, -0.2) is 27.2 Å². The normalized spacial score (nSPS) is 11.1. The van der Waals surface area contributed by atoms with E-state index in [-0.39, 0.29) is 5.91 Å². The molecule has 30 heavy (non-hydrogen) atoms. The lowest BCUT2D eigenvalue weighted by Crippen LogP contribution is -2.27. The monoisotopic (exact) mass is 422 g/mol. The van der Waals surface area contributed by atoms with Crippen LogP contribution in [0.5, 0.6) is 0 Å². The van der Waals surface area contributed by atoms with Crippen LogP contribution in [0.1, 0.15) is 42.8 Å². The minimum atomic E-state index is 0.0520. The predicted octanol–water partition coefficient (Wildman–Crippen LogP) is 4.88. The maximum Gasteiger partial charge on any atom is 0.220 e. The predicted molar refractivity (Wildman–Crippen MR) is 123 cm³/mol. The molecular weight excluding hydrogens is 392 g/mol. The first-order valence-corrected chi connectivity index (χ1v) is 11.4. The summed E-state index contributed by atoms with van der Waals surface area (Å²) < 4.78 is 2.08. The highest BCUT2D eigenvalue weighted by Crippen LogP contribution is 2.26. The van der Waals surface area contributed by atoms with Crippen LogP contribution in [0.2, 0.25) is 0 Å². The van der Waals surface area contributed by atoms with E-state index in [4.69, 9.17) is 0 Å². The number of nitrogens with one attached hydrogen (secondary N) is 1. The van der Waals surface area contributed by atoms with E-state index in [1.54, 1.807) is 11.8 Å². The maximum absolute atomic E-state index is 12.2. The molecule has 2 aromatic carbocycles. The van der Waals surface area contributed by atoms with Crippen molar-refractivity contribution in [1.29, 1.82) is 0 Å². The van der Waals surface area contributed by atoms with Crippen LogP contribution in [0, 0.1) is 19.8 Å². The number of hydrogen-bond acceptors (Lipinski definition) is 4. The molecule has 0 aliphatic rings. The number of aryl methyl sites for hydroxylation is 3. The molecule has 0 bridgehead atoms. The minimum absolute atomic E-state index is 0.0520. The molecule has 0 radical (unpaired) electrons. The zero-order valence-corrected chi connectivity index (χ0v) is 19.0. The summed E-state index contributed by atoms with van der Waals surface area (Å²) in [6, 6.07) is 16.8. The molecule has 0 aliphatic carbocycles. The molecule has 0 spiro atoms. The van der Waals surface area contributed by atoms with E-state index in [0.29, 0.717) is 25.3 Å². The topological polar surface area (TPSA) is 59.8 Å². The summed E-state index contributed by atoms with van der Waals surface area (Å²) in [6.45, 7) is 9.05. The van der Waals surface area contributed by atoms with Gasteiger partial charge in [0.2, 0.25) is 5.91 Å².